The van der Waals surface area contributed by atoms with Crippen LogP contribution in [0.4, 0.5) is 5.69 Å². The van der Waals surface area contributed by atoms with Gasteiger partial charge in [0.25, 0.3) is 5.91 Å². The van der Waals surface area contributed by atoms with Crippen LogP contribution >= 0.6 is 23.2 Å². The maximum Gasteiger partial charge on any atom is 0.338 e. The van der Waals surface area contributed by atoms with Gasteiger partial charge in [0.05, 0.1) is 5.56 Å². The summed E-state index contributed by atoms with van der Waals surface area (Å²) in [4.78, 5) is 28.7. The standard InChI is InChI=1S/C18H14Cl2N2O4/c1-2-15(17(23)22-13-7-11(19)6-12(20)8-13)26-18(24)10-3-4-16-14(5-10)21-9-25-16/h3-9,15H,2H2,1H3,(H,22,23). The summed E-state index contributed by atoms with van der Waals surface area (Å²) in [7, 11) is 0. The molecule has 0 aliphatic heterocycles. The number of hydrogen-bond acceptors (Lipinski definition) is 5. The van der Waals surface area contributed by atoms with E-state index in [1.807, 2.05) is 0 Å². The number of esters is 1. The quantitative estimate of drug-likeness (QED) is 0.635. The number of amides is 1. The number of ether oxygens (including phenoxy) is 1. The third-order valence-corrected chi connectivity index (χ3v) is 4.05. The molecule has 1 unspecified atom stereocenters. The zero-order valence-electron chi connectivity index (χ0n) is 13.7. The first-order valence-electron chi connectivity index (χ1n) is 7.77. The number of anilines is 1. The number of carbonyl (C=O) groups excluding carboxylic acids is 2. The fourth-order valence-corrected chi connectivity index (χ4v) is 2.88. The SMILES string of the molecule is CCC(OC(=O)c1ccc2ocnc2c1)C(=O)Nc1cc(Cl)cc(Cl)c1. The van der Waals surface area contributed by atoms with Gasteiger partial charge in [0, 0.05) is 15.7 Å². The molecule has 0 spiro atoms. The first-order chi connectivity index (χ1) is 12.5. The van der Waals surface area contributed by atoms with Crippen molar-refractivity contribution in [3.8, 4) is 0 Å². The molecule has 1 N–H and O–H groups in total. The van der Waals surface area contributed by atoms with Crippen LogP contribution in [0.1, 0.15) is 23.7 Å². The molecule has 2 aromatic carbocycles. The Bertz CT molecular complexity index is 950. The van der Waals surface area contributed by atoms with Crippen molar-refractivity contribution in [1.29, 1.82) is 0 Å². The highest BCUT2D eigenvalue weighted by Gasteiger charge is 2.22. The molecule has 3 aromatic rings. The molecule has 1 amide bonds. The summed E-state index contributed by atoms with van der Waals surface area (Å²) in [5, 5.41) is 3.42. The van der Waals surface area contributed by atoms with E-state index in [1.54, 1.807) is 43.3 Å². The normalized spacial score (nSPS) is 12.0. The van der Waals surface area contributed by atoms with Crippen LogP contribution in [0.2, 0.25) is 10.0 Å². The summed E-state index contributed by atoms with van der Waals surface area (Å²) in [6.07, 6.45) is 0.629. The summed E-state index contributed by atoms with van der Waals surface area (Å²) in [5.74, 6) is -1.09. The molecule has 3 rings (SSSR count). The second kappa shape index (κ2) is 7.76. The van der Waals surface area contributed by atoms with Gasteiger partial charge < -0.3 is 14.5 Å². The van der Waals surface area contributed by atoms with Gasteiger partial charge in [0.2, 0.25) is 0 Å². The number of rotatable bonds is 5. The zero-order chi connectivity index (χ0) is 18.7. The fraction of sp³-hybridized carbons (Fsp3) is 0.167. The van der Waals surface area contributed by atoms with Crippen LogP contribution in [0.5, 0.6) is 0 Å². The minimum atomic E-state index is -0.965. The van der Waals surface area contributed by atoms with Gasteiger partial charge in [-0.05, 0) is 42.8 Å². The van der Waals surface area contributed by atoms with E-state index in [1.165, 1.54) is 6.39 Å². The van der Waals surface area contributed by atoms with Crippen molar-refractivity contribution in [3.05, 3.63) is 58.4 Å². The molecule has 6 nitrogen and oxygen atoms in total. The highest BCUT2D eigenvalue weighted by atomic mass is 35.5. The van der Waals surface area contributed by atoms with Crippen LogP contribution in [0, 0.1) is 0 Å². The first kappa shape index (κ1) is 18.2. The van der Waals surface area contributed by atoms with Gasteiger partial charge in [-0.15, -0.1) is 0 Å². The minimum Gasteiger partial charge on any atom is -0.449 e. The van der Waals surface area contributed by atoms with Crippen LogP contribution in [0.3, 0.4) is 0 Å². The molecule has 0 aliphatic carbocycles. The van der Waals surface area contributed by atoms with E-state index in [-0.39, 0.29) is 5.56 Å². The second-order valence-corrected chi connectivity index (χ2v) is 6.36. The van der Waals surface area contributed by atoms with E-state index in [9.17, 15) is 9.59 Å². The van der Waals surface area contributed by atoms with Crippen LogP contribution < -0.4 is 5.32 Å². The van der Waals surface area contributed by atoms with E-state index in [0.29, 0.717) is 33.3 Å². The average Bonchev–Trinajstić information content (AvgIpc) is 3.06. The Balaban J connectivity index is 1.71. The maximum absolute atomic E-state index is 12.4. The van der Waals surface area contributed by atoms with E-state index in [4.69, 9.17) is 32.4 Å². The topological polar surface area (TPSA) is 81.4 Å². The minimum absolute atomic E-state index is 0.281. The lowest BCUT2D eigenvalue weighted by Crippen LogP contribution is -2.32. The number of aromatic nitrogens is 1. The molecule has 0 saturated heterocycles. The van der Waals surface area contributed by atoms with Crippen LogP contribution in [0.25, 0.3) is 11.1 Å². The highest BCUT2D eigenvalue weighted by Crippen LogP contribution is 2.23. The van der Waals surface area contributed by atoms with Gasteiger partial charge in [0.1, 0.15) is 5.52 Å². The summed E-state index contributed by atoms with van der Waals surface area (Å²) in [6, 6.07) is 9.38. The van der Waals surface area contributed by atoms with Crippen molar-refractivity contribution in [2.75, 3.05) is 5.32 Å². The molecule has 0 saturated carbocycles. The first-order valence-corrected chi connectivity index (χ1v) is 8.53. The lowest BCUT2D eigenvalue weighted by atomic mass is 10.2. The predicted octanol–water partition coefficient (Wildman–Crippen LogP) is 4.71. The molecular weight excluding hydrogens is 379 g/mol. The van der Waals surface area contributed by atoms with E-state index in [2.05, 4.69) is 10.3 Å². The Morgan fingerprint density at radius 3 is 2.62 bits per heavy atom. The zero-order valence-corrected chi connectivity index (χ0v) is 15.2. The molecule has 8 heteroatoms. The smallest absolute Gasteiger partial charge is 0.338 e. The Labute approximate surface area is 159 Å². The molecule has 134 valence electrons. The lowest BCUT2D eigenvalue weighted by Gasteiger charge is -2.16. The Morgan fingerprint density at radius 2 is 1.92 bits per heavy atom. The molecule has 0 radical (unpaired) electrons. The van der Waals surface area contributed by atoms with Crippen LogP contribution in [-0.4, -0.2) is 23.0 Å². The van der Waals surface area contributed by atoms with Gasteiger partial charge in [-0.2, -0.15) is 0 Å². The monoisotopic (exact) mass is 392 g/mol. The van der Waals surface area contributed by atoms with Crippen molar-refractivity contribution in [3.63, 3.8) is 0 Å². The van der Waals surface area contributed by atoms with Crippen LogP contribution in [0.15, 0.2) is 47.2 Å². The fourth-order valence-electron chi connectivity index (χ4n) is 2.35. The van der Waals surface area contributed by atoms with Gasteiger partial charge in [-0.1, -0.05) is 30.1 Å². The van der Waals surface area contributed by atoms with Crippen molar-refractivity contribution in [2.24, 2.45) is 0 Å². The van der Waals surface area contributed by atoms with Gasteiger partial charge in [-0.25, -0.2) is 9.78 Å². The van der Waals surface area contributed by atoms with Gasteiger partial charge >= 0.3 is 5.97 Å². The Morgan fingerprint density at radius 1 is 1.19 bits per heavy atom. The third kappa shape index (κ3) is 4.15. The number of oxazole rings is 1. The lowest BCUT2D eigenvalue weighted by molar-refractivity contribution is -0.124. The molecule has 0 bridgehead atoms. The molecule has 1 aromatic heterocycles. The van der Waals surface area contributed by atoms with E-state index >= 15 is 0 Å². The second-order valence-electron chi connectivity index (χ2n) is 5.48. The van der Waals surface area contributed by atoms with Crippen molar-refractivity contribution in [1.82, 2.24) is 4.98 Å². The number of nitrogens with zero attached hydrogens (tertiary/aromatic N) is 1. The third-order valence-electron chi connectivity index (χ3n) is 3.61. The molecule has 1 heterocycles. The summed E-state index contributed by atoms with van der Waals surface area (Å²) < 4.78 is 10.5. The number of hydrogen-bond donors (Lipinski definition) is 1. The highest BCUT2D eigenvalue weighted by molar-refractivity contribution is 6.35. The van der Waals surface area contributed by atoms with E-state index < -0.39 is 18.0 Å². The number of fused-ring (bicyclic) bond motifs is 1. The average molecular weight is 393 g/mol. The number of halogens is 2. The number of nitrogens with one attached hydrogen (secondary N) is 1. The van der Waals surface area contributed by atoms with E-state index in [0.717, 1.165) is 0 Å². The van der Waals surface area contributed by atoms with Crippen molar-refractivity contribution < 1.29 is 18.7 Å². The summed E-state index contributed by atoms with van der Waals surface area (Å²) in [6.45, 7) is 1.74. The van der Waals surface area contributed by atoms with Crippen LogP contribution in [-0.2, 0) is 9.53 Å². The number of benzene rings is 2. The Hall–Kier alpha value is -2.57. The largest absolute Gasteiger partial charge is 0.449 e. The molecule has 0 fully saturated rings. The summed E-state index contributed by atoms with van der Waals surface area (Å²) >= 11 is 11.8. The molecular formula is C18H14Cl2N2O4. The predicted molar refractivity (Wildman–Crippen MR) is 98.6 cm³/mol. The Kier molecular flexibility index (Phi) is 5.44. The number of carbonyl (C=O) groups is 2. The van der Waals surface area contributed by atoms with Crippen molar-refractivity contribution in [2.45, 2.75) is 19.4 Å². The van der Waals surface area contributed by atoms with Gasteiger partial charge in [0.15, 0.2) is 18.1 Å². The maximum atomic E-state index is 12.4. The molecule has 0 aliphatic rings. The molecule has 1 atom stereocenters. The van der Waals surface area contributed by atoms with Gasteiger partial charge in [-0.3, -0.25) is 4.79 Å². The van der Waals surface area contributed by atoms with Crippen molar-refractivity contribution >= 4 is 51.9 Å². The summed E-state index contributed by atoms with van der Waals surface area (Å²) in [5.41, 5.74) is 1.80. The molecule has 26 heavy (non-hydrogen) atoms.